The Labute approximate surface area is 63.9 Å². The Morgan fingerprint density at radius 1 is 1.29 bits per heavy atom. The third kappa shape index (κ3) is 1330. The largest absolute Gasteiger partial charge is 0.352 e. The van der Waals surface area contributed by atoms with Gasteiger partial charge in [-0.1, -0.05) is 7.43 Å². The number of hydrogen-bond donors (Lipinski definition) is 2. The Morgan fingerprint density at radius 2 is 1.29 bits per heavy atom. The fraction of sp³-hybridized carbons (Fsp3) is 0.500. The van der Waals surface area contributed by atoms with Crippen LogP contribution in [0.4, 0.5) is 4.79 Å². The molecular formula is C2H8CoFeN2O. The van der Waals surface area contributed by atoms with E-state index in [1.807, 2.05) is 0 Å². The van der Waals surface area contributed by atoms with Crippen LogP contribution in [0.15, 0.2) is 0 Å². The van der Waals surface area contributed by atoms with Crippen molar-refractivity contribution in [1.82, 2.24) is 0 Å². The zero-order valence-electron chi connectivity index (χ0n) is 2.75. The summed E-state index contributed by atoms with van der Waals surface area (Å²) in [5, 5.41) is 0. The van der Waals surface area contributed by atoms with Crippen LogP contribution in [0.3, 0.4) is 0 Å². The minimum Gasteiger partial charge on any atom is -0.352 e. The normalized spacial score (nSPS) is 3.43. The molecule has 1 radical (unpaired) electrons. The summed E-state index contributed by atoms with van der Waals surface area (Å²) in [5.41, 5.74) is 8.50. The number of hydrogen-bond acceptors (Lipinski definition) is 1. The standard InChI is InChI=1S/CH4N2O.CH4.Co.Fe/c2-1(3)4;;;/h(H4,2,3,4);1H4;;. The van der Waals surface area contributed by atoms with Gasteiger partial charge in [0.2, 0.25) is 0 Å². The summed E-state index contributed by atoms with van der Waals surface area (Å²) >= 11 is 0. The van der Waals surface area contributed by atoms with Gasteiger partial charge in [0.25, 0.3) is 0 Å². The summed E-state index contributed by atoms with van der Waals surface area (Å²) in [6, 6.07) is -0.833. The van der Waals surface area contributed by atoms with Crippen molar-refractivity contribution in [3.63, 3.8) is 0 Å². The maximum atomic E-state index is 9.00. The minimum atomic E-state index is -0.833. The van der Waals surface area contributed by atoms with Crippen LogP contribution in [0, 0.1) is 0 Å². The molecule has 2 amide bonds. The van der Waals surface area contributed by atoms with Crippen LogP contribution < -0.4 is 11.5 Å². The molecule has 7 heavy (non-hydrogen) atoms. The molecule has 0 saturated heterocycles. The maximum Gasteiger partial charge on any atom is 0.309 e. The van der Waals surface area contributed by atoms with E-state index in [-0.39, 0.29) is 41.3 Å². The topological polar surface area (TPSA) is 69.1 Å². The molecule has 0 fully saturated rings. The van der Waals surface area contributed by atoms with Gasteiger partial charge < -0.3 is 11.5 Å². The van der Waals surface area contributed by atoms with E-state index in [4.69, 9.17) is 4.79 Å². The molecule has 49 valence electrons. The van der Waals surface area contributed by atoms with Crippen molar-refractivity contribution in [3.05, 3.63) is 0 Å². The van der Waals surface area contributed by atoms with Crippen LogP contribution in [0.5, 0.6) is 0 Å². The van der Waals surface area contributed by atoms with Gasteiger partial charge in [0, 0.05) is 33.8 Å². The molecule has 0 aromatic heterocycles. The van der Waals surface area contributed by atoms with Gasteiger partial charge in [0.15, 0.2) is 0 Å². The second kappa shape index (κ2) is 16.3. The first-order valence-corrected chi connectivity index (χ1v) is 0.781. The zero-order valence-corrected chi connectivity index (χ0v) is 4.90. The van der Waals surface area contributed by atoms with E-state index < -0.39 is 6.03 Å². The summed E-state index contributed by atoms with van der Waals surface area (Å²) in [4.78, 5) is 9.00. The van der Waals surface area contributed by atoms with Crippen molar-refractivity contribution in [3.8, 4) is 0 Å². The minimum absolute atomic E-state index is 0. The first kappa shape index (κ1) is 26.6. The first-order valence-electron chi connectivity index (χ1n) is 0.781. The van der Waals surface area contributed by atoms with Gasteiger partial charge in [-0.25, -0.2) is 4.79 Å². The number of urea groups is 1. The van der Waals surface area contributed by atoms with E-state index in [1.165, 1.54) is 0 Å². The molecule has 0 aliphatic carbocycles. The smallest absolute Gasteiger partial charge is 0.309 e. The maximum absolute atomic E-state index is 9.00. The Hall–Kier alpha value is 0.296. The number of nitrogens with two attached hydrogens (primary N) is 2. The number of carbonyl (C=O) groups is 1. The predicted octanol–water partition coefficient (Wildman–Crippen LogP) is -0.345. The van der Waals surface area contributed by atoms with Gasteiger partial charge in [-0.15, -0.1) is 0 Å². The average Bonchev–Trinajstić information content (AvgIpc) is 0.811. The Morgan fingerprint density at radius 3 is 1.29 bits per heavy atom. The van der Waals surface area contributed by atoms with E-state index in [0.29, 0.717) is 0 Å². The molecule has 0 unspecified atom stereocenters. The number of carbonyl (C=O) groups excluding carboxylic acids is 1. The van der Waals surface area contributed by atoms with Crippen LogP contribution >= 0.6 is 0 Å². The Balaban J connectivity index is -0.0000000150. The zero-order chi connectivity index (χ0) is 3.58. The molecule has 0 aromatic carbocycles. The van der Waals surface area contributed by atoms with Crippen molar-refractivity contribution in [2.45, 2.75) is 7.43 Å². The quantitative estimate of drug-likeness (QED) is 0.505. The molecule has 4 N–H and O–H groups in total. The SMILES string of the molecule is C.NC(N)=O.[Co].[Fe]. The van der Waals surface area contributed by atoms with Crippen molar-refractivity contribution >= 4 is 6.03 Å². The van der Waals surface area contributed by atoms with Crippen molar-refractivity contribution in [2.24, 2.45) is 11.5 Å². The average molecular weight is 191 g/mol. The van der Waals surface area contributed by atoms with Gasteiger partial charge in [-0.3, -0.25) is 0 Å². The summed E-state index contributed by atoms with van der Waals surface area (Å²) in [5.74, 6) is 0. The van der Waals surface area contributed by atoms with Crippen molar-refractivity contribution in [2.75, 3.05) is 0 Å². The number of primary amides is 2. The Kier molecular flexibility index (Phi) is 61.8. The predicted molar refractivity (Wildman–Crippen MR) is 20.5 cm³/mol. The van der Waals surface area contributed by atoms with Crippen LogP contribution in [-0.2, 0) is 33.8 Å². The molecule has 0 aliphatic heterocycles. The van der Waals surface area contributed by atoms with Gasteiger partial charge in [0.1, 0.15) is 0 Å². The fourth-order valence-electron chi connectivity index (χ4n) is 0. The third-order valence-corrected chi connectivity index (χ3v) is 0. The molecular weight excluding hydrogens is 183 g/mol. The molecule has 3 nitrogen and oxygen atoms in total. The fourth-order valence-corrected chi connectivity index (χ4v) is 0. The molecule has 0 saturated carbocycles. The monoisotopic (exact) mass is 191 g/mol. The molecule has 0 rings (SSSR count). The number of amides is 2. The Bertz CT molecular complexity index is 38.7. The van der Waals surface area contributed by atoms with E-state index in [9.17, 15) is 0 Å². The molecule has 0 spiro atoms. The van der Waals surface area contributed by atoms with Gasteiger partial charge in [0.05, 0.1) is 0 Å². The summed E-state index contributed by atoms with van der Waals surface area (Å²) in [6.07, 6.45) is 0. The van der Waals surface area contributed by atoms with Crippen LogP contribution in [0.2, 0.25) is 0 Å². The molecule has 0 bridgehead atoms. The van der Waals surface area contributed by atoms with E-state index in [2.05, 4.69) is 11.5 Å². The van der Waals surface area contributed by atoms with Gasteiger partial charge >= 0.3 is 6.03 Å². The van der Waals surface area contributed by atoms with Crippen LogP contribution in [0.25, 0.3) is 0 Å². The molecule has 5 heteroatoms. The summed E-state index contributed by atoms with van der Waals surface area (Å²) < 4.78 is 0. The molecule has 0 atom stereocenters. The molecule has 0 aromatic rings. The first-order chi connectivity index (χ1) is 1.73. The van der Waals surface area contributed by atoms with Gasteiger partial charge in [-0.05, 0) is 0 Å². The van der Waals surface area contributed by atoms with E-state index in [0.717, 1.165) is 0 Å². The van der Waals surface area contributed by atoms with E-state index in [1.54, 1.807) is 0 Å². The van der Waals surface area contributed by atoms with E-state index >= 15 is 0 Å². The summed E-state index contributed by atoms with van der Waals surface area (Å²) in [7, 11) is 0. The second-order valence-corrected chi connectivity index (χ2v) is 0.402. The van der Waals surface area contributed by atoms with Crippen LogP contribution in [0.1, 0.15) is 7.43 Å². The van der Waals surface area contributed by atoms with Crippen molar-refractivity contribution in [1.29, 1.82) is 0 Å². The summed E-state index contributed by atoms with van der Waals surface area (Å²) in [6.45, 7) is 0. The number of rotatable bonds is 0. The molecule has 0 aliphatic rings. The van der Waals surface area contributed by atoms with Crippen LogP contribution in [-0.4, -0.2) is 6.03 Å². The molecule has 0 heterocycles. The second-order valence-electron chi connectivity index (χ2n) is 0.402. The van der Waals surface area contributed by atoms with Crippen molar-refractivity contribution < 1.29 is 38.6 Å². The third-order valence-electron chi connectivity index (χ3n) is 0. The van der Waals surface area contributed by atoms with Gasteiger partial charge in [-0.2, -0.15) is 0 Å².